The van der Waals surface area contributed by atoms with Crippen molar-refractivity contribution in [1.29, 1.82) is 0 Å². The Kier molecular flexibility index (Phi) is 6.02. The number of amides is 2. The number of hydrogen-bond acceptors (Lipinski definition) is 6. The Bertz CT molecular complexity index is 651. The van der Waals surface area contributed by atoms with Crippen molar-refractivity contribution in [2.24, 2.45) is 0 Å². The first kappa shape index (κ1) is 16.6. The highest BCUT2D eigenvalue weighted by Crippen LogP contribution is 2.25. The lowest BCUT2D eigenvalue weighted by Gasteiger charge is -2.01. The molecule has 0 fully saturated rings. The molecular formula is C14H18N4O2S2. The van der Waals surface area contributed by atoms with Gasteiger partial charge in [0.1, 0.15) is 16.4 Å². The molecule has 2 amide bonds. The molecule has 0 aromatic carbocycles. The standard InChI is InChI=1S/C14H18N4O2S2/c1-3-4-11(19)16-6-5-12-17-10(8-21-12)14-18-9(7-22-14)13(20)15-2/h7-8H,3-6H2,1-2H3,(H,15,20)(H,16,19). The Hall–Kier alpha value is -1.80. The summed E-state index contributed by atoms with van der Waals surface area (Å²) in [5.74, 6) is -0.119. The highest BCUT2D eigenvalue weighted by Gasteiger charge is 2.12. The lowest BCUT2D eigenvalue weighted by atomic mass is 10.3. The average Bonchev–Trinajstić information content (AvgIpc) is 3.15. The third-order valence-corrected chi connectivity index (χ3v) is 4.65. The molecule has 2 aromatic rings. The predicted molar refractivity (Wildman–Crippen MR) is 88.2 cm³/mol. The van der Waals surface area contributed by atoms with Gasteiger partial charge < -0.3 is 10.6 Å². The first-order valence-corrected chi connectivity index (χ1v) is 8.79. The monoisotopic (exact) mass is 338 g/mol. The Balaban J connectivity index is 1.92. The zero-order valence-corrected chi connectivity index (χ0v) is 14.1. The minimum absolute atomic E-state index is 0.0782. The molecule has 0 aliphatic carbocycles. The molecule has 0 spiro atoms. The average molecular weight is 338 g/mol. The number of thiazole rings is 2. The summed E-state index contributed by atoms with van der Waals surface area (Å²) in [5.41, 5.74) is 1.18. The van der Waals surface area contributed by atoms with Crippen LogP contribution in [0.4, 0.5) is 0 Å². The van der Waals surface area contributed by atoms with Crippen molar-refractivity contribution in [2.45, 2.75) is 26.2 Å². The second kappa shape index (κ2) is 8.00. The van der Waals surface area contributed by atoms with E-state index in [0.29, 0.717) is 25.1 Å². The number of nitrogens with one attached hydrogen (secondary N) is 2. The Morgan fingerprint density at radius 3 is 2.77 bits per heavy atom. The first-order chi connectivity index (χ1) is 10.6. The van der Waals surface area contributed by atoms with Gasteiger partial charge >= 0.3 is 0 Å². The highest BCUT2D eigenvalue weighted by atomic mass is 32.1. The molecule has 0 aliphatic rings. The van der Waals surface area contributed by atoms with E-state index in [1.165, 1.54) is 22.7 Å². The van der Waals surface area contributed by atoms with Crippen molar-refractivity contribution >= 4 is 34.5 Å². The van der Waals surface area contributed by atoms with Crippen LogP contribution in [0, 0.1) is 0 Å². The minimum Gasteiger partial charge on any atom is -0.356 e. The van der Waals surface area contributed by atoms with Crippen LogP contribution in [0.25, 0.3) is 10.7 Å². The van der Waals surface area contributed by atoms with Crippen LogP contribution < -0.4 is 10.6 Å². The molecule has 0 saturated heterocycles. The van der Waals surface area contributed by atoms with Crippen LogP contribution in [-0.4, -0.2) is 35.4 Å². The second-order valence-corrected chi connectivity index (χ2v) is 6.39. The zero-order chi connectivity index (χ0) is 15.9. The maximum Gasteiger partial charge on any atom is 0.270 e. The third kappa shape index (κ3) is 4.35. The van der Waals surface area contributed by atoms with E-state index in [2.05, 4.69) is 20.6 Å². The fourth-order valence-electron chi connectivity index (χ4n) is 1.77. The number of carbonyl (C=O) groups is 2. The van der Waals surface area contributed by atoms with Gasteiger partial charge in [0.2, 0.25) is 5.91 Å². The van der Waals surface area contributed by atoms with E-state index < -0.39 is 0 Å². The molecule has 2 rings (SSSR count). The van der Waals surface area contributed by atoms with Crippen molar-refractivity contribution in [1.82, 2.24) is 20.6 Å². The van der Waals surface area contributed by atoms with Crippen molar-refractivity contribution in [2.75, 3.05) is 13.6 Å². The third-order valence-electron chi connectivity index (χ3n) is 2.87. The van der Waals surface area contributed by atoms with Crippen LogP contribution in [0.3, 0.4) is 0 Å². The summed E-state index contributed by atoms with van der Waals surface area (Å²) >= 11 is 2.93. The molecule has 0 aliphatic heterocycles. The molecule has 0 radical (unpaired) electrons. The molecule has 8 heteroatoms. The Morgan fingerprint density at radius 2 is 2.05 bits per heavy atom. The van der Waals surface area contributed by atoms with Crippen LogP contribution in [0.2, 0.25) is 0 Å². The normalized spacial score (nSPS) is 10.5. The molecule has 0 unspecified atom stereocenters. The number of nitrogens with zero attached hydrogens (tertiary/aromatic N) is 2. The molecule has 0 bridgehead atoms. The maximum atomic E-state index is 11.5. The van der Waals surface area contributed by atoms with Gasteiger partial charge in [-0.15, -0.1) is 22.7 Å². The van der Waals surface area contributed by atoms with E-state index in [4.69, 9.17) is 0 Å². The van der Waals surface area contributed by atoms with Gasteiger partial charge in [-0.1, -0.05) is 6.92 Å². The number of carbonyl (C=O) groups excluding carboxylic acids is 2. The smallest absolute Gasteiger partial charge is 0.270 e. The quantitative estimate of drug-likeness (QED) is 0.809. The molecule has 0 atom stereocenters. The van der Waals surface area contributed by atoms with Gasteiger partial charge in [-0.05, 0) is 6.42 Å². The SMILES string of the molecule is CCCC(=O)NCCc1nc(-c2nc(C(=O)NC)cs2)cs1. The van der Waals surface area contributed by atoms with Crippen molar-refractivity contribution < 1.29 is 9.59 Å². The maximum absolute atomic E-state index is 11.5. The van der Waals surface area contributed by atoms with Crippen molar-refractivity contribution in [3.8, 4) is 10.7 Å². The van der Waals surface area contributed by atoms with Crippen molar-refractivity contribution in [3.05, 3.63) is 21.5 Å². The fourth-order valence-corrected chi connectivity index (χ4v) is 3.39. The van der Waals surface area contributed by atoms with Gasteiger partial charge in [-0.2, -0.15) is 0 Å². The molecule has 2 heterocycles. The molecule has 6 nitrogen and oxygen atoms in total. The lowest BCUT2D eigenvalue weighted by molar-refractivity contribution is -0.121. The number of aromatic nitrogens is 2. The van der Waals surface area contributed by atoms with Gasteiger partial charge in [0.25, 0.3) is 5.91 Å². The fraction of sp³-hybridized carbons (Fsp3) is 0.429. The predicted octanol–water partition coefficient (Wildman–Crippen LogP) is 2.08. The summed E-state index contributed by atoms with van der Waals surface area (Å²) in [6.45, 7) is 2.57. The summed E-state index contributed by atoms with van der Waals surface area (Å²) in [6.07, 6.45) is 2.11. The van der Waals surface area contributed by atoms with E-state index in [-0.39, 0.29) is 11.8 Å². The van der Waals surface area contributed by atoms with Gasteiger partial charge in [0, 0.05) is 37.2 Å². The van der Waals surface area contributed by atoms with Crippen molar-refractivity contribution in [3.63, 3.8) is 0 Å². The molecule has 0 saturated carbocycles. The van der Waals surface area contributed by atoms with Crippen LogP contribution in [0.1, 0.15) is 35.3 Å². The zero-order valence-electron chi connectivity index (χ0n) is 12.5. The van der Waals surface area contributed by atoms with Crippen LogP contribution in [0.15, 0.2) is 10.8 Å². The largest absolute Gasteiger partial charge is 0.356 e. The molecule has 2 aromatic heterocycles. The van der Waals surface area contributed by atoms with Crippen LogP contribution >= 0.6 is 22.7 Å². The van der Waals surface area contributed by atoms with Gasteiger partial charge in [-0.25, -0.2) is 9.97 Å². The van der Waals surface area contributed by atoms with E-state index in [1.54, 1.807) is 12.4 Å². The summed E-state index contributed by atoms with van der Waals surface area (Å²) in [5, 5.41) is 10.7. The lowest BCUT2D eigenvalue weighted by Crippen LogP contribution is -2.25. The molecular weight excluding hydrogens is 320 g/mol. The minimum atomic E-state index is -0.198. The summed E-state index contributed by atoms with van der Waals surface area (Å²) in [4.78, 5) is 31.7. The van der Waals surface area contributed by atoms with E-state index in [9.17, 15) is 9.59 Å². The Morgan fingerprint density at radius 1 is 1.23 bits per heavy atom. The van der Waals surface area contributed by atoms with Gasteiger partial charge in [0.05, 0.1) is 5.01 Å². The Labute approximate surface area is 137 Å². The number of rotatable bonds is 7. The van der Waals surface area contributed by atoms with Crippen LogP contribution in [0.5, 0.6) is 0 Å². The summed E-state index contributed by atoms with van der Waals surface area (Å²) < 4.78 is 0. The second-order valence-electron chi connectivity index (χ2n) is 4.59. The number of hydrogen-bond donors (Lipinski definition) is 2. The summed E-state index contributed by atoms with van der Waals surface area (Å²) in [6, 6.07) is 0. The van der Waals surface area contributed by atoms with Gasteiger partial charge in [-0.3, -0.25) is 9.59 Å². The molecule has 118 valence electrons. The topological polar surface area (TPSA) is 84.0 Å². The van der Waals surface area contributed by atoms with Gasteiger partial charge in [0.15, 0.2) is 0 Å². The van der Waals surface area contributed by atoms with E-state index in [0.717, 1.165) is 22.1 Å². The molecule has 2 N–H and O–H groups in total. The van der Waals surface area contributed by atoms with E-state index in [1.807, 2.05) is 12.3 Å². The van der Waals surface area contributed by atoms with E-state index >= 15 is 0 Å². The summed E-state index contributed by atoms with van der Waals surface area (Å²) in [7, 11) is 1.58. The molecule has 22 heavy (non-hydrogen) atoms. The first-order valence-electron chi connectivity index (χ1n) is 7.03. The van der Waals surface area contributed by atoms with Crippen LogP contribution in [-0.2, 0) is 11.2 Å². The highest BCUT2D eigenvalue weighted by molar-refractivity contribution is 7.14.